The number of rotatable bonds is 7. The maximum atomic E-state index is 12.7. The van der Waals surface area contributed by atoms with Crippen LogP contribution in [0, 0.1) is 0 Å². The van der Waals surface area contributed by atoms with E-state index in [1.165, 1.54) is 22.0 Å². The molecule has 1 unspecified atom stereocenters. The molecule has 0 saturated carbocycles. The third kappa shape index (κ3) is 5.23. The van der Waals surface area contributed by atoms with Gasteiger partial charge in [0.25, 0.3) is 5.91 Å². The minimum Gasteiger partial charge on any atom is -0.348 e. The van der Waals surface area contributed by atoms with Crippen molar-refractivity contribution in [3.8, 4) is 0 Å². The summed E-state index contributed by atoms with van der Waals surface area (Å²) in [4.78, 5) is 15.2. The molecular formula is C22H29N3O3S. The number of sulfonamides is 1. The number of amides is 1. The zero-order valence-corrected chi connectivity index (χ0v) is 18.0. The van der Waals surface area contributed by atoms with Crippen LogP contribution in [0.3, 0.4) is 0 Å². The van der Waals surface area contributed by atoms with Gasteiger partial charge in [0, 0.05) is 44.3 Å². The molecule has 1 amide bonds. The summed E-state index contributed by atoms with van der Waals surface area (Å²) in [6, 6.07) is 16.4. The van der Waals surface area contributed by atoms with Crippen molar-refractivity contribution in [2.24, 2.45) is 0 Å². The molecule has 0 spiro atoms. The molecule has 1 fully saturated rings. The Hall–Kier alpha value is -2.22. The second-order valence-corrected chi connectivity index (χ2v) is 9.82. The number of benzene rings is 2. The van der Waals surface area contributed by atoms with E-state index in [9.17, 15) is 13.2 Å². The maximum Gasteiger partial charge on any atom is 0.251 e. The zero-order valence-electron chi connectivity index (χ0n) is 17.2. The number of carbonyl (C=O) groups excluding carboxylic acids is 1. The van der Waals surface area contributed by atoms with Gasteiger partial charge in [-0.25, -0.2) is 8.42 Å². The Morgan fingerprint density at radius 3 is 2.59 bits per heavy atom. The van der Waals surface area contributed by atoms with Crippen molar-refractivity contribution in [2.45, 2.75) is 43.8 Å². The first-order valence-corrected chi connectivity index (χ1v) is 11.4. The molecular weight excluding hydrogens is 386 g/mol. The largest absolute Gasteiger partial charge is 0.348 e. The number of nitrogens with zero attached hydrogens (tertiary/aromatic N) is 2. The number of likely N-dealkylation sites (tertiary alicyclic amines) is 1. The van der Waals surface area contributed by atoms with Crippen LogP contribution in [-0.2, 0) is 16.6 Å². The summed E-state index contributed by atoms with van der Waals surface area (Å²) in [7, 11) is -2.07. The highest BCUT2D eigenvalue weighted by Crippen LogP contribution is 2.19. The van der Waals surface area contributed by atoms with Crippen molar-refractivity contribution >= 4 is 15.9 Å². The summed E-state index contributed by atoms with van der Waals surface area (Å²) in [6.45, 7) is 6.20. The summed E-state index contributed by atoms with van der Waals surface area (Å²) in [5.74, 6) is -0.235. The fraction of sp³-hybridized carbons (Fsp3) is 0.409. The Labute approximate surface area is 173 Å². The Morgan fingerprint density at radius 2 is 1.90 bits per heavy atom. The maximum absolute atomic E-state index is 12.7. The SMILES string of the molecule is CC(C)N(C)S(=O)(=O)c1cccc(C(=O)NC2CCN(Cc3ccccc3)C2)c1. The van der Waals surface area contributed by atoms with Gasteiger partial charge < -0.3 is 5.32 Å². The fourth-order valence-electron chi connectivity index (χ4n) is 3.45. The average Bonchev–Trinajstić information content (AvgIpc) is 3.14. The molecule has 156 valence electrons. The highest BCUT2D eigenvalue weighted by molar-refractivity contribution is 7.89. The van der Waals surface area contributed by atoms with Crippen molar-refractivity contribution in [3.05, 3.63) is 65.7 Å². The Balaban J connectivity index is 1.63. The molecule has 1 N–H and O–H groups in total. The van der Waals surface area contributed by atoms with Crippen molar-refractivity contribution in [3.63, 3.8) is 0 Å². The van der Waals surface area contributed by atoms with Crippen molar-refractivity contribution in [2.75, 3.05) is 20.1 Å². The van der Waals surface area contributed by atoms with Gasteiger partial charge in [-0.2, -0.15) is 4.31 Å². The molecule has 0 aliphatic carbocycles. The van der Waals surface area contributed by atoms with Gasteiger partial charge >= 0.3 is 0 Å². The lowest BCUT2D eigenvalue weighted by Gasteiger charge is -2.21. The summed E-state index contributed by atoms with van der Waals surface area (Å²) in [5.41, 5.74) is 1.62. The van der Waals surface area contributed by atoms with Gasteiger partial charge in [-0.05, 0) is 44.0 Å². The van der Waals surface area contributed by atoms with E-state index < -0.39 is 10.0 Å². The average molecular weight is 416 g/mol. The normalized spacial score (nSPS) is 17.8. The van der Waals surface area contributed by atoms with Gasteiger partial charge in [0.05, 0.1) is 4.90 Å². The van der Waals surface area contributed by atoms with E-state index in [0.29, 0.717) is 5.56 Å². The Morgan fingerprint density at radius 1 is 1.17 bits per heavy atom. The lowest BCUT2D eigenvalue weighted by molar-refractivity contribution is 0.0937. The highest BCUT2D eigenvalue weighted by atomic mass is 32.2. The smallest absolute Gasteiger partial charge is 0.251 e. The molecule has 1 heterocycles. The van der Waals surface area contributed by atoms with Crippen LogP contribution in [0.2, 0.25) is 0 Å². The quantitative estimate of drug-likeness (QED) is 0.755. The minimum absolute atomic E-state index is 0.0600. The van der Waals surface area contributed by atoms with E-state index in [1.807, 2.05) is 32.0 Å². The van der Waals surface area contributed by atoms with Crippen LogP contribution in [0.1, 0.15) is 36.2 Å². The predicted molar refractivity (Wildman–Crippen MR) is 114 cm³/mol. The monoisotopic (exact) mass is 415 g/mol. The Kier molecular flexibility index (Phi) is 6.72. The van der Waals surface area contributed by atoms with Crippen LogP contribution in [0.15, 0.2) is 59.5 Å². The number of hydrogen-bond acceptors (Lipinski definition) is 4. The summed E-state index contributed by atoms with van der Waals surface area (Å²) < 4.78 is 26.7. The molecule has 3 rings (SSSR count). The summed E-state index contributed by atoms with van der Waals surface area (Å²) in [5, 5.41) is 3.05. The molecule has 1 aliphatic rings. The topological polar surface area (TPSA) is 69.7 Å². The van der Waals surface area contributed by atoms with E-state index in [-0.39, 0.29) is 22.9 Å². The third-order valence-electron chi connectivity index (χ3n) is 5.36. The van der Waals surface area contributed by atoms with Crippen LogP contribution < -0.4 is 5.32 Å². The van der Waals surface area contributed by atoms with Crippen LogP contribution in [0.5, 0.6) is 0 Å². The molecule has 0 radical (unpaired) electrons. The number of hydrogen-bond donors (Lipinski definition) is 1. The van der Waals surface area contributed by atoms with Gasteiger partial charge in [0.2, 0.25) is 10.0 Å². The van der Waals surface area contributed by atoms with Gasteiger partial charge in [-0.15, -0.1) is 0 Å². The van der Waals surface area contributed by atoms with E-state index >= 15 is 0 Å². The van der Waals surface area contributed by atoms with E-state index in [2.05, 4.69) is 22.3 Å². The van der Waals surface area contributed by atoms with Crippen LogP contribution >= 0.6 is 0 Å². The standard InChI is InChI=1S/C22H29N3O3S/c1-17(2)24(3)29(27,28)21-11-7-10-19(14-21)22(26)23-20-12-13-25(16-20)15-18-8-5-4-6-9-18/h4-11,14,17,20H,12-13,15-16H2,1-3H3,(H,23,26). The van der Waals surface area contributed by atoms with E-state index in [0.717, 1.165) is 26.1 Å². The molecule has 1 aliphatic heterocycles. The van der Waals surface area contributed by atoms with Crippen molar-refractivity contribution < 1.29 is 13.2 Å². The van der Waals surface area contributed by atoms with Crippen LogP contribution in [0.4, 0.5) is 0 Å². The van der Waals surface area contributed by atoms with E-state index in [4.69, 9.17) is 0 Å². The molecule has 2 aromatic carbocycles. The molecule has 1 atom stereocenters. The van der Waals surface area contributed by atoms with Crippen molar-refractivity contribution in [1.29, 1.82) is 0 Å². The second kappa shape index (κ2) is 9.07. The second-order valence-electron chi connectivity index (χ2n) is 7.82. The third-order valence-corrected chi connectivity index (χ3v) is 7.39. The number of nitrogens with one attached hydrogen (secondary N) is 1. The van der Waals surface area contributed by atoms with Gasteiger partial charge in [0.1, 0.15) is 0 Å². The van der Waals surface area contributed by atoms with Crippen LogP contribution in [-0.4, -0.2) is 55.8 Å². The van der Waals surface area contributed by atoms with Crippen LogP contribution in [0.25, 0.3) is 0 Å². The lowest BCUT2D eigenvalue weighted by atomic mass is 10.2. The van der Waals surface area contributed by atoms with Gasteiger partial charge in [-0.1, -0.05) is 36.4 Å². The zero-order chi connectivity index (χ0) is 21.0. The van der Waals surface area contributed by atoms with E-state index in [1.54, 1.807) is 19.2 Å². The fourth-order valence-corrected chi connectivity index (χ4v) is 4.86. The molecule has 6 nitrogen and oxygen atoms in total. The summed E-state index contributed by atoms with van der Waals surface area (Å²) in [6.07, 6.45) is 0.882. The molecule has 0 bridgehead atoms. The Bertz CT molecular complexity index is 945. The van der Waals surface area contributed by atoms with Gasteiger partial charge in [0.15, 0.2) is 0 Å². The first kappa shape index (κ1) is 21.5. The molecule has 7 heteroatoms. The number of carbonyl (C=O) groups is 1. The molecule has 2 aromatic rings. The molecule has 0 aromatic heterocycles. The summed E-state index contributed by atoms with van der Waals surface area (Å²) >= 11 is 0. The lowest BCUT2D eigenvalue weighted by Crippen LogP contribution is -2.37. The molecule has 1 saturated heterocycles. The minimum atomic E-state index is -3.62. The first-order chi connectivity index (χ1) is 13.8. The first-order valence-electron chi connectivity index (χ1n) is 9.92. The highest BCUT2D eigenvalue weighted by Gasteiger charge is 2.26. The molecule has 29 heavy (non-hydrogen) atoms. The van der Waals surface area contributed by atoms with Crippen molar-refractivity contribution in [1.82, 2.24) is 14.5 Å². The predicted octanol–water partition coefficient (Wildman–Crippen LogP) is 2.72. The van der Waals surface area contributed by atoms with Gasteiger partial charge in [-0.3, -0.25) is 9.69 Å².